The number of rotatable bonds is 5. The van der Waals surface area contributed by atoms with Crippen molar-refractivity contribution in [3.05, 3.63) is 53.5 Å². The van der Waals surface area contributed by atoms with Crippen LogP contribution in [0.2, 0.25) is 0 Å². The van der Waals surface area contributed by atoms with E-state index < -0.39 is 5.97 Å². The standard InChI is InChI=1S/C15H14N6O3.ClH/c1-9-18-20-15(21(9)16)19-17-8-12-5-6-13(24-12)10-3-2-4-11(7-10)14(22)23;/h2-8H,16H2,1H3,(H,19,20)(H,22,23);1H/b17-8-;. The van der Waals surface area contributed by atoms with Gasteiger partial charge < -0.3 is 15.4 Å². The van der Waals surface area contributed by atoms with Crippen molar-refractivity contribution in [1.82, 2.24) is 14.9 Å². The van der Waals surface area contributed by atoms with E-state index in [-0.39, 0.29) is 18.0 Å². The second-order valence-corrected chi connectivity index (χ2v) is 4.90. The SMILES string of the molecule is Cc1nnc(N/N=C\c2ccc(-c3cccc(C(=O)O)c3)o2)n1N.Cl. The number of benzene rings is 1. The van der Waals surface area contributed by atoms with Gasteiger partial charge in [-0.05, 0) is 31.2 Å². The Morgan fingerprint density at radius 3 is 2.84 bits per heavy atom. The number of hydrazone groups is 1. The summed E-state index contributed by atoms with van der Waals surface area (Å²) in [4.78, 5) is 11.0. The summed E-state index contributed by atoms with van der Waals surface area (Å²) >= 11 is 0. The maximum atomic E-state index is 11.0. The van der Waals surface area contributed by atoms with Gasteiger partial charge in [0.2, 0.25) is 0 Å². The van der Waals surface area contributed by atoms with Crippen LogP contribution < -0.4 is 11.3 Å². The molecule has 0 aliphatic carbocycles. The molecule has 2 aromatic heterocycles. The van der Waals surface area contributed by atoms with E-state index in [1.807, 2.05) is 0 Å². The van der Waals surface area contributed by atoms with Crippen molar-refractivity contribution < 1.29 is 14.3 Å². The normalized spacial score (nSPS) is 10.6. The summed E-state index contributed by atoms with van der Waals surface area (Å²) in [6.45, 7) is 1.71. The number of hydrogen-bond acceptors (Lipinski definition) is 7. The molecule has 0 aliphatic heterocycles. The van der Waals surface area contributed by atoms with Gasteiger partial charge in [0, 0.05) is 5.56 Å². The second-order valence-electron chi connectivity index (χ2n) is 4.90. The van der Waals surface area contributed by atoms with Crippen LogP contribution in [-0.2, 0) is 0 Å². The number of carboxylic acids is 1. The van der Waals surface area contributed by atoms with Gasteiger partial charge in [0.25, 0.3) is 5.95 Å². The highest BCUT2D eigenvalue weighted by Crippen LogP contribution is 2.22. The maximum absolute atomic E-state index is 11.0. The molecule has 0 saturated carbocycles. The molecule has 0 amide bonds. The highest BCUT2D eigenvalue weighted by molar-refractivity contribution is 5.89. The number of halogens is 1. The monoisotopic (exact) mass is 362 g/mol. The Kier molecular flexibility index (Phi) is 5.40. The predicted molar refractivity (Wildman–Crippen MR) is 94.5 cm³/mol. The van der Waals surface area contributed by atoms with Gasteiger partial charge in [-0.2, -0.15) is 5.10 Å². The molecule has 0 spiro atoms. The van der Waals surface area contributed by atoms with Crippen molar-refractivity contribution >= 4 is 30.5 Å². The van der Waals surface area contributed by atoms with E-state index in [4.69, 9.17) is 15.4 Å². The maximum Gasteiger partial charge on any atom is 0.335 e. The average molecular weight is 363 g/mol. The lowest BCUT2D eigenvalue weighted by molar-refractivity contribution is 0.0697. The first-order valence-electron chi connectivity index (χ1n) is 6.94. The quantitative estimate of drug-likeness (QED) is 0.360. The second kappa shape index (κ2) is 7.49. The first-order chi connectivity index (χ1) is 11.5. The van der Waals surface area contributed by atoms with Gasteiger partial charge in [-0.15, -0.1) is 22.6 Å². The molecule has 3 aromatic rings. The molecular formula is C15H15ClN6O3. The van der Waals surface area contributed by atoms with Gasteiger partial charge in [-0.1, -0.05) is 12.1 Å². The van der Waals surface area contributed by atoms with Crippen LogP contribution in [0.15, 0.2) is 45.9 Å². The largest absolute Gasteiger partial charge is 0.478 e. The molecule has 130 valence electrons. The third kappa shape index (κ3) is 3.96. The third-order valence-electron chi connectivity index (χ3n) is 3.24. The number of carbonyl (C=O) groups is 1. The molecule has 0 bridgehead atoms. The summed E-state index contributed by atoms with van der Waals surface area (Å²) in [7, 11) is 0. The topological polar surface area (TPSA) is 132 Å². The fourth-order valence-electron chi connectivity index (χ4n) is 1.98. The number of nitrogens with two attached hydrogens (primary N) is 1. The van der Waals surface area contributed by atoms with Crippen molar-refractivity contribution in [3.63, 3.8) is 0 Å². The smallest absolute Gasteiger partial charge is 0.335 e. The molecule has 9 nitrogen and oxygen atoms in total. The van der Waals surface area contributed by atoms with E-state index in [9.17, 15) is 4.79 Å². The van der Waals surface area contributed by atoms with E-state index in [2.05, 4.69) is 20.7 Å². The van der Waals surface area contributed by atoms with Gasteiger partial charge in [-0.3, -0.25) is 0 Å². The lowest BCUT2D eigenvalue weighted by Gasteiger charge is -1.99. The zero-order valence-corrected chi connectivity index (χ0v) is 13.9. The molecule has 4 N–H and O–H groups in total. The third-order valence-corrected chi connectivity index (χ3v) is 3.24. The number of aryl methyl sites for hydroxylation is 1. The number of hydrogen-bond donors (Lipinski definition) is 3. The Bertz CT molecular complexity index is 918. The fraction of sp³-hybridized carbons (Fsp3) is 0.0667. The number of nitrogen functional groups attached to an aromatic ring is 1. The number of aromatic nitrogens is 3. The Morgan fingerprint density at radius 1 is 1.36 bits per heavy atom. The van der Waals surface area contributed by atoms with Crippen LogP contribution in [0, 0.1) is 6.92 Å². The summed E-state index contributed by atoms with van der Waals surface area (Å²) in [6, 6.07) is 9.94. The molecule has 0 aliphatic rings. The highest BCUT2D eigenvalue weighted by atomic mass is 35.5. The van der Waals surface area contributed by atoms with Crippen molar-refractivity contribution in [3.8, 4) is 11.3 Å². The van der Waals surface area contributed by atoms with Crippen LogP contribution in [0.1, 0.15) is 21.9 Å². The van der Waals surface area contributed by atoms with Crippen molar-refractivity contribution in [1.29, 1.82) is 0 Å². The lowest BCUT2D eigenvalue weighted by Crippen LogP contribution is -2.13. The Balaban J connectivity index is 0.00000225. The van der Waals surface area contributed by atoms with E-state index in [0.29, 0.717) is 28.9 Å². The molecule has 0 fully saturated rings. The zero-order valence-electron chi connectivity index (χ0n) is 13.1. The fourth-order valence-corrected chi connectivity index (χ4v) is 1.98. The molecule has 0 saturated heterocycles. The molecule has 10 heteroatoms. The Hall–Kier alpha value is -3.33. The molecular weight excluding hydrogens is 348 g/mol. The van der Waals surface area contributed by atoms with Gasteiger partial charge in [0.05, 0.1) is 11.8 Å². The van der Waals surface area contributed by atoms with Crippen LogP contribution >= 0.6 is 12.4 Å². The zero-order chi connectivity index (χ0) is 17.1. The summed E-state index contributed by atoms with van der Waals surface area (Å²) < 4.78 is 6.89. The van der Waals surface area contributed by atoms with Crippen LogP contribution in [0.5, 0.6) is 0 Å². The highest BCUT2D eigenvalue weighted by Gasteiger charge is 2.08. The van der Waals surface area contributed by atoms with Gasteiger partial charge in [0.1, 0.15) is 11.5 Å². The van der Waals surface area contributed by atoms with Gasteiger partial charge in [-0.25, -0.2) is 14.9 Å². The lowest BCUT2D eigenvalue weighted by atomic mass is 10.1. The number of aromatic carboxylic acids is 1. The Morgan fingerprint density at radius 2 is 2.16 bits per heavy atom. The minimum Gasteiger partial charge on any atom is -0.478 e. The van der Waals surface area contributed by atoms with Crippen molar-refractivity contribution in [2.75, 3.05) is 11.3 Å². The van der Waals surface area contributed by atoms with Gasteiger partial charge >= 0.3 is 5.97 Å². The summed E-state index contributed by atoms with van der Waals surface area (Å²) in [6.07, 6.45) is 1.45. The van der Waals surface area contributed by atoms with Crippen molar-refractivity contribution in [2.24, 2.45) is 5.10 Å². The van der Waals surface area contributed by atoms with Gasteiger partial charge in [0.15, 0.2) is 5.82 Å². The van der Waals surface area contributed by atoms with E-state index in [0.717, 1.165) is 0 Å². The van der Waals surface area contributed by atoms with Crippen LogP contribution in [0.3, 0.4) is 0 Å². The first-order valence-corrected chi connectivity index (χ1v) is 6.94. The van der Waals surface area contributed by atoms with Crippen molar-refractivity contribution in [2.45, 2.75) is 6.92 Å². The first kappa shape index (κ1) is 18.0. The number of furan rings is 1. The number of nitrogens with zero attached hydrogens (tertiary/aromatic N) is 4. The van der Waals surface area contributed by atoms with Crippen LogP contribution in [0.25, 0.3) is 11.3 Å². The molecule has 0 unspecified atom stereocenters. The number of carboxylic acid groups (broad SMARTS) is 1. The molecule has 0 radical (unpaired) electrons. The van der Waals surface area contributed by atoms with E-state index >= 15 is 0 Å². The molecule has 25 heavy (non-hydrogen) atoms. The average Bonchev–Trinajstić information content (AvgIpc) is 3.17. The van der Waals surface area contributed by atoms with Crippen LogP contribution in [-0.4, -0.2) is 32.2 Å². The Labute approximate surface area is 148 Å². The van der Waals surface area contributed by atoms with Crippen LogP contribution in [0.4, 0.5) is 5.95 Å². The van der Waals surface area contributed by atoms with E-state index in [1.54, 1.807) is 37.3 Å². The minimum atomic E-state index is -0.990. The summed E-state index contributed by atoms with van der Waals surface area (Å²) in [5.41, 5.74) is 3.51. The van der Waals surface area contributed by atoms with E-state index in [1.165, 1.54) is 17.0 Å². The molecule has 0 atom stereocenters. The summed E-state index contributed by atoms with van der Waals surface area (Å²) in [5.74, 6) is 6.56. The number of anilines is 1. The predicted octanol–water partition coefficient (Wildman–Crippen LogP) is 2.13. The summed E-state index contributed by atoms with van der Waals surface area (Å²) in [5, 5.41) is 20.6. The molecule has 1 aromatic carbocycles. The molecule has 2 heterocycles. The number of nitrogens with one attached hydrogen (secondary N) is 1. The minimum absolute atomic E-state index is 0. The molecule has 3 rings (SSSR count).